The molecule has 6 heteroatoms. The van der Waals surface area contributed by atoms with Crippen LogP contribution in [0, 0.1) is 6.92 Å². The first kappa shape index (κ1) is 13.2. The van der Waals surface area contributed by atoms with Crippen LogP contribution in [0.15, 0.2) is 17.6 Å². The summed E-state index contributed by atoms with van der Waals surface area (Å²) in [5.41, 5.74) is 0.898. The summed E-state index contributed by atoms with van der Waals surface area (Å²) in [5, 5.41) is 9.23. The number of nitrogens with one attached hydrogen (secondary N) is 2. The van der Waals surface area contributed by atoms with Gasteiger partial charge in [-0.25, -0.2) is 4.98 Å². The zero-order valence-electron chi connectivity index (χ0n) is 10.3. The minimum absolute atomic E-state index is 0.0369. The number of aryl methyl sites for hydroxylation is 1. The molecule has 0 aromatic carbocycles. The Hall–Kier alpha value is -1.24. The molecule has 18 heavy (non-hydrogen) atoms. The van der Waals surface area contributed by atoms with E-state index in [1.807, 2.05) is 17.6 Å². The normalized spacial score (nSPS) is 10.6. The summed E-state index contributed by atoms with van der Waals surface area (Å²) >= 11 is 3.34. The number of thiophene rings is 1. The highest BCUT2D eigenvalue weighted by Gasteiger charge is 2.05. The van der Waals surface area contributed by atoms with Gasteiger partial charge in [0, 0.05) is 36.0 Å². The second-order valence-corrected chi connectivity index (χ2v) is 6.23. The number of thiazole rings is 1. The van der Waals surface area contributed by atoms with E-state index in [1.54, 1.807) is 22.7 Å². The summed E-state index contributed by atoms with van der Waals surface area (Å²) < 4.78 is 0. The van der Waals surface area contributed by atoms with Crippen molar-refractivity contribution in [2.45, 2.75) is 26.9 Å². The zero-order valence-corrected chi connectivity index (χ0v) is 12.0. The Balaban J connectivity index is 1.86. The summed E-state index contributed by atoms with van der Waals surface area (Å²) in [7, 11) is 0. The smallest absolute Gasteiger partial charge is 0.221 e. The third-order valence-corrected chi connectivity index (χ3v) is 4.12. The van der Waals surface area contributed by atoms with Crippen molar-refractivity contribution in [1.82, 2.24) is 10.3 Å². The van der Waals surface area contributed by atoms with Crippen LogP contribution in [0.2, 0.25) is 0 Å². The maximum atomic E-state index is 11.0. The lowest BCUT2D eigenvalue weighted by Crippen LogP contribution is -2.14. The monoisotopic (exact) mass is 281 g/mol. The molecule has 2 aromatic heterocycles. The van der Waals surface area contributed by atoms with Crippen molar-refractivity contribution in [3.63, 3.8) is 0 Å². The first-order valence-electron chi connectivity index (χ1n) is 5.61. The highest BCUT2D eigenvalue weighted by atomic mass is 32.1. The van der Waals surface area contributed by atoms with Crippen LogP contribution in [0.1, 0.15) is 21.7 Å². The molecule has 2 N–H and O–H groups in total. The van der Waals surface area contributed by atoms with Crippen molar-refractivity contribution in [2.24, 2.45) is 0 Å². The highest BCUT2D eigenvalue weighted by Crippen LogP contribution is 2.22. The van der Waals surface area contributed by atoms with Crippen LogP contribution >= 0.6 is 22.7 Å². The van der Waals surface area contributed by atoms with E-state index in [4.69, 9.17) is 0 Å². The molecular weight excluding hydrogens is 266 g/mol. The average Bonchev–Trinajstić information content (AvgIpc) is 2.88. The van der Waals surface area contributed by atoms with Crippen LogP contribution in [-0.4, -0.2) is 10.9 Å². The lowest BCUT2D eigenvalue weighted by Gasteiger charge is -2.05. The standard InChI is InChI=1S/C12H15N3OS2/c1-8-5-14-12(18-8)7-13-6-11-10(3-4-17-11)15-9(2)16/h3-5,13H,6-7H2,1-2H3,(H,15,16). The number of rotatable bonds is 5. The van der Waals surface area contributed by atoms with Crippen molar-refractivity contribution < 1.29 is 4.79 Å². The molecule has 0 fully saturated rings. The minimum atomic E-state index is -0.0369. The van der Waals surface area contributed by atoms with Gasteiger partial charge in [-0.1, -0.05) is 0 Å². The molecule has 0 atom stereocenters. The van der Waals surface area contributed by atoms with Gasteiger partial charge in [0.2, 0.25) is 5.91 Å². The maximum Gasteiger partial charge on any atom is 0.221 e. The molecule has 0 aliphatic rings. The van der Waals surface area contributed by atoms with Crippen LogP contribution in [0.5, 0.6) is 0 Å². The summed E-state index contributed by atoms with van der Waals surface area (Å²) in [5.74, 6) is -0.0369. The lowest BCUT2D eigenvalue weighted by atomic mass is 10.3. The Bertz CT molecular complexity index is 533. The van der Waals surface area contributed by atoms with Gasteiger partial charge < -0.3 is 10.6 Å². The topological polar surface area (TPSA) is 54.0 Å². The summed E-state index contributed by atoms with van der Waals surface area (Å²) in [6.45, 7) is 5.07. The molecule has 2 rings (SSSR count). The SMILES string of the molecule is CC(=O)Nc1ccsc1CNCc1ncc(C)s1. The van der Waals surface area contributed by atoms with Gasteiger partial charge in [-0.3, -0.25) is 4.79 Å². The van der Waals surface area contributed by atoms with Crippen LogP contribution < -0.4 is 10.6 Å². The number of amides is 1. The second-order valence-electron chi connectivity index (χ2n) is 3.91. The Morgan fingerprint density at radius 1 is 1.44 bits per heavy atom. The molecular formula is C12H15N3OS2. The van der Waals surface area contributed by atoms with Crippen LogP contribution in [0.25, 0.3) is 0 Å². The van der Waals surface area contributed by atoms with E-state index in [1.165, 1.54) is 11.8 Å². The molecule has 0 unspecified atom stereocenters. The van der Waals surface area contributed by atoms with Gasteiger partial charge >= 0.3 is 0 Å². The fourth-order valence-electron chi connectivity index (χ4n) is 1.54. The van der Waals surface area contributed by atoms with E-state index in [2.05, 4.69) is 22.5 Å². The largest absolute Gasteiger partial charge is 0.325 e. The average molecular weight is 281 g/mol. The summed E-state index contributed by atoms with van der Waals surface area (Å²) in [6.07, 6.45) is 1.88. The van der Waals surface area contributed by atoms with Gasteiger partial charge in [0.05, 0.1) is 5.69 Å². The zero-order chi connectivity index (χ0) is 13.0. The minimum Gasteiger partial charge on any atom is -0.325 e. The fraction of sp³-hybridized carbons (Fsp3) is 0.333. The maximum absolute atomic E-state index is 11.0. The van der Waals surface area contributed by atoms with Gasteiger partial charge in [-0.2, -0.15) is 0 Å². The molecule has 0 radical (unpaired) electrons. The molecule has 0 aliphatic heterocycles. The molecule has 0 spiro atoms. The molecule has 2 aromatic rings. The molecule has 96 valence electrons. The van der Waals surface area contributed by atoms with E-state index in [9.17, 15) is 4.79 Å². The van der Waals surface area contributed by atoms with E-state index in [0.717, 1.165) is 28.7 Å². The number of carbonyl (C=O) groups excluding carboxylic acids is 1. The number of hydrogen-bond acceptors (Lipinski definition) is 5. The third kappa shape index (κ3) is 3.63. The van der Waals surface area contributed by atoms with Crippen molar-refractivity contribution in [2.75, 3.05) is 5.32 Å². The predicted octanol–water partition coefficient (Wildman–Crippen LogP) is 2.76. The Labute approximate surface area is 114 Å². The van der Waals surface area contributed by atoms with E-state index in [0.29, 0.717) is 0 Å². The van der Waals surface area contributed by atoms with Gasteiger partial charge in [0.15, 0.2) is 0 Å². The van der Waals surface area contributed by atoms with Crippen molar-refractivity contribution >= 4 is 34.3 Å². The Morgan fingerprint density at radius 3 is 2.94 bits per heavy atom. The molecule has 4 nitrogen and oxygen atoms in total. The molecule has 2 heterocycles. The number of carbonyl (C=O) groups is 1. The third-order valence-electron chi connectivity index (χ3n) is 2.29. The van der Waals surface area contributed by atoms with E-state index < -0.39 is 0 Å². The molecule has 0 saturated carbocycles. The number of nitrogens with zero attached hydrogens (tertiary/aromatic N) is 1. The van der Waals surface area contributed by atoms with Gasteiger partial charge in [-0.05, 0) is 18.4 Å². The predicted molar refractivity (Wildman–Crippen MR) is 76.0 cm³/mol. The Morgan fingerprint density at radius 2 is 2.28 bits per heavy atom. The fourth-order valence-corrected chi connectivity index (χ4v) is 3.10. The second kappa shape index (κ2) is 6.08. The van der Waals surface area contributed by atoms with Crippen molar-refractivity contribution in [3.8, 4) is 0 Å². The first-order chi connectivity index (χ1) is 8.65. The number of anilines is 1. The molecule has 1 amide bonds. The van der Waals surface area contributed by atoms with Gasteiger partial charge in [0.1, 0.15) is 5.01 Å². The summed E-state index contributed by atoms with van der Waals surface area (Å²) in [6, 6.07) is 1.93. The summed E-state index contributed by atoms with van der Waals surface area (Å²) in [4.78, 5) is 17.7. The molecule has 0 saturated heterocycles. The highest BCUT2D eigenvalue weighted by molar-refractivity contribution is 7.11. The molecule has 0 bridgehead atoms. The molecule has 0 aliphatic carbocycles. The number of hydrogen-bond donors (Lipinski definition) is 2. The Kier molecular flexibility index (Phi) is 4.46. The lowest BCUT2D eigenvalue weighted by molar-refractivity contribution is -0.114. The number of aromatic nitrogens is 1. The van der Waals surface area contributed by atoms with Gasteiger partial charge in [0.25, 0.3) is 0 Å². The van der Waals surface area contributed by atoms with Crippen LogP contribution in [0.4, 0.5) is 5.69 Å². The van der Waals surface area contributed by atoms with Gasteiger partial charge in [-0.15, -0.1) is 22.7 Å². The van der Waals surface area contributed by atoms with E-state index in [-0.39, 0.29) is 5.91 Å². The van der Waals surface area contributed by atoms with Crippen LogP contribution in [0.3, 0.4) is 0 Å². The quantitative estimate of drug-likeness (QED) is 0.886. The van der Waals surface area contributed by atoms with Crippen molar-refractivity contribution in [1.29, 1.82) is 0 Å². The van der Waals surface area contributed by atoms with Crippen LogP contribution in [-0.2, 0) is 17.9 Å². The van der Waals surface area contributed by atoms with Crippen molar-refractivity contribution in [3.05, 3.63) is 32.4 Å². The first-order valence-corrected chi connectivity index (χ1v) is 7.31. The van der Waals surface area contributed by atoms with E-state index >= 15 is 0 Å².